The number of pyridine rings is 1. The molecule has 0 aliphatic carbocycles. The van der Waals surface area contributed by atoms with Crippen molar-refractivity contribution in [1.82, 2.24) is 15.0 Å². The Balaban J connectivity index is 2.11. The largest absolute Gasteiger partial charge is 0.356 e. The molecular weight excluding hydrogens is 415 g/mol. The van der Waals surface area contributed by atoms with E-state index in [0.717, 1.165) is 12.1 Å². The summed E-state index contributed by atoms with van der Waals surface area (Å²) >= 11 is 5.87. The zero-order valence-corrected chi connectivity index (χ0v) is 16.3. The Labute approximate surface area is 164 Å². The molecule has 0 saturated heterocycles. The number of benzene rings is 1. The van der Waals surface area contributed by atoms with Gasteiger partial charge in [-0.3, -0.25) is 0 Å². The van der Waals surface area contributed by atoms with Crippen LogP contribution in [0.15, 0.2) is 35.4 Å². The summed E-state index contributed by atoms with van der Waals surface area (Å²) in [4.78, 5) is 10.6. The average Bonchev–Trinajstić information content (AvgIpc) is 3.00. The number of anilines is 1. The van der Waals surface area contributed by atoms with Gasteiger partial charge in [-0.2, -0.15) is 4.39 Å². The summed E-state index contributed by atoms with van der Waals surface area (Å²) in [6.07, 6.45) is 1.23. The second-order valence-electron chi connectivity index (χ2n) is 6.12. The molecule has 2 aromatic heterocycles. The maximum atomic E-state index is 13.6. The van der Waals surface area contributed by atoms with E-state index in [1.165, 1.54) is 24.5 Å². The highest BCUT2D eigenvalue weighted by atomic mass is 35.5. The first-order valence-corrected chi connectivity index (χ1v) is 10.2. The predicted molar refractivity (Wildman–Crippen MR) is 99.4 cm³/mol. The number of H-pyrrole nitrogens is 1. The van der Waals surface area contributed by atoms with Crippen molar-refractivity contribution in [2.45, 2.75) is 18.0 Å². The van der Waals surface area contributed by atoms with Gasteiger partial charge in [0, 0.05) is 11.9 Å². The molecule has 2 unspecified atom stereocenters. The maximum Gasteiger partial charge on any atom is 0.250 e. The Morgan fingerprint density at radius 3 is 2.43 bits per heavy atom. The molecule has 0 saturated carbocycles. The third-order valence-corrected chi connectivity index (χ3v) is 5.30. The van der Waals surface area contributed by atoms with Crippen LogP contribution >= 0.6 is 11.6 Å². The Bertz CT molecular complexity index is 1150. The lowest BCUT2D eigenvalue weighted by atomic mass is 10.1. The van der Waals surface area contributed by atoms with Crippen molar-refractivity contribution in [3.05, 3.63) is 70.0 Å². The SMILES string of the molecule is Cc1[nH]c(C(Nc2ccc(F)c(F)n2)c2ccc(F)c(Cl)c2)nc1S(C)(=N)=O. The average molecular weight is 430 g/mol. The van der Waals surface area contributed by atoms with Crippen LogP contribution in [0.2, 0.25) is 5.02 Å². The van der Waals surface area contributed by atoms with Crippen LogP contribution in [0.4, 0.5) is 19.0 Å². The molecule has 28 heavy (non-hydrogen) atoms. The second-order valence-corrected chi connectivity index (χ2v) is 8.60. The molecule has 148 valence electrons. The van der Waals surface area contributed by atoms with Crippen LogP contribution in [-0.2, 0) is 9.73 Å². The standard InChI is InChI=1S/C17H15ClF3N5OS/c1-8-17(28(2,22)27)26-16(23-8)14(9-3-4-11(19)10(18)7-9)24-13-6-5-12(20)15(21)25-13/h3-7,14,22H,1-2H3,(H,23,26)(H,24,25). The predicted octanol–water partition coefficient (Wildman–Crippen LogP) is 4.42. The van der Waals surface area contributed by atoms with Gasteiger partial charge in [0.05, 0.1) is 14.8 Å². The molecule has 3 aromatic rings. The molecule has 11 heteroatoms. The molecule has 0 bridgehead atoms. The summed E-state index contributed by atoms with van der Waals surface area (Å²) in [7, 11) is -3.11. The Hall–Kier alpha value is -2.59. The number of imidazole rings is 1. The fourth-order valence-corrected chi connectivity index (χ4v) is 3.73. The van der Waals surface area contributed by atoms with Crippen molar-refractivity contribution in [2.75, 3.05) is 11.6 Å². The van der Waals surface area contributed by atoms with Gasteiger partial charge in [0.1, 0.15) is 23.5 Å². The van der Waals surface area contributed by atoms with Gasteiger partial charge in [-0.05, 0) is 36.8 Å². The molecule has 0 spiro atoms. The molecule has 0 radical (unpaired) electrons. The molecule has 2 atom stereocenters. The van der Waals surface area contributed by atoms with Crippen LogP contribution in [-0.4, -0.2) is 25.4 Å². The van der Waals surface area contributed by atoms with E-state index in [4.69, 9.17) is 16.4 Å². The van der Waals surface area contributed by atoms with Gasteiger partial charge in [0.2, 0.25) is 0 Å². The number of nitrogens with one attached hydrogen (secondary N) is 3. The van der Waals surface area contributed by atoms with E-state index >= 15 is 0 Å². The van der Waals surface area contributed by atoms with Crippen LogP contribution in [0, 0.1) is 29.3 Å². The van der Waals surface area contributed by atoms with Crippen molar-refractivity contribution in [2.24, 2.45) is 0 Å². The Morgan fingerprint density at radius 2 is 1.86 bits per heavy atom. The molecule has 0 amide bonds. The third-order valence-electron chi connectivity index (χ3n) is 3.87. The number of halogens is 4. The molecule has 1 aromatic carbocycles. The summed E-state index contributed by atoms with van der Waals surface area (Å²) in [5.41, 5.74) is 0.849. The van der Waals surface area contributed by atoms with Crippen LogP contribution in [0.5, 0.6) is 0 Å². The van der Waals surface area contributed by atoms with Crippen LogP contribution in [0.3, 0.4) is 0 Å². The number of hydrogen-bond acceptors (Lipinski definition) is 5. The zero-order chi connectivity index (χ0) is 20.6. The molecule has 3 rings (SSSR count). The van der Waals surface area contributed by atoms with Gasteiger partial charge in [0.25, 0.3) is 5.95 Å². The Morgan fingerprint density at radius 1 is 1.18 bits per heavy atom. The monoisotopic (exact) mass is 429 g/mol. The summed E-state index contributed by atoms with van der Waals surface area (Å²) in [5, 5.41) is 2.78. The minimum absolute atomic E-state index is 0.0111. The number of rotatable bonds is 5. The molecule has 2 heterocycles. The highest BCUT2D eigenvalue weighted by molar-refractivity contribution is 7.91. The number of aromatic amines is 1. The van der Waals surface area contributed by atoms with E-state index in [-0.39, 0.29) is 21.7 Å². The third kappa shape index (κ3) is 4.12. The van der Waals surface area contributed by atoms with Crippen LogP contribution in [0.1, 0.15) is 23.1 Å². The summed E-state index contributed by atoms with van der Waals surface area (Å²) < 4.78 is 60.1. The minimum atomic E-state index is -3.11. The molecule has 6 nitrogen and oxygen atoms in total. The summed E-state index contributed by atoms with van der Waals surface area (Å²) in [5.74, 6) is -2.82. The lowest BCUT2D eigenvalue weighted by Crippen LogP contribution is -2.16. The fraction of sp³-hybridized carbons (Fsp3) is 0.176. The van der Waals surface area contributed by atoms with Crippen molar-refractivity contribution >= 4 is 27.1 Å². The topological polar surface area (TPSA) is 94.5 Å². The van der Waals surface area contributed by atoms with Crippen LogP contribution < -0.4 is 5.32 Å². The molecule has 0 aliphatic heterocycles. The highest BCUT2D eigenvalue weighted by Gasteiger charge is 2.23. The smallest absolute Gasteiger partial charge is 0.250 e. The first kappa shape index (κ1) is 20.2. The van der Waals surface area contributed by atoms with E-state index in [1.807, 2.05) is 0 Å². The van der Waals surface area contributed by atoms with Gasteiger partial charge in [-0.1, -0.05) is 17.7 Å². The lowest BCUT2D eigenvalue weighted by Gasteiger charge is -2.18. The first-order chi connectivity index (χ1) is 13.1. The van der Waals surface area contributed by atoms with E-state index in [0.29, 0.717) is 11.3 Å². The van der Waals surface area contributed by atoms with E-state index in [9.17, 15) is 17.4 Å². The van der Waals surface area contributed by atoms with Crippen molar-refractivity contribution in [3.8, 4) is 0 Å². The van der Waals surface area contributed by atoms with Crippen molar-refractivity contribution in [3.63, 3.8) is 0 Å². The minimum Gasteiger partial charge on any atom is -0.356 e. The summed E-state index contributed by atoms with van der Waals surface area (Å²) in [6.45, 7) is 1.61. The first-order valence-electron chi connectivity index (χ1n) is 7.90. The number of aryl methyl sites for hydroxylation is 1. The van der Waals surface area contributed by atoms with Gasteiger partial charge < -0.3 is 10.3 Å². The number of hydrogen-bond donors (Lipinski definition) is 3. The Kier molecular flexibility index (Phi) is 5.35. The van der Waals surface area contributed by atoms with Crippen molar-refractivity contribution < 1.29 is 17.4 Å². The number of aromatic nitrogens is 3. The van der Waals surface area contributed by atoms with Gasteiger partial charge in [-0.15, -0.1) is 0 Å². The molecule has 3 N–H and O–H groups in total. The maximum absolute atomic E-state index is 13.6. The van der Waals surface area contributed by atoms with Gasteiger partial charge in [-0.25, -0.2) is 27.7 Å². The van der Waals surface area contributed by atoms with E-state index < -0.39 is 33.4 Å². The van der Waals surface area contributed by atoms with Crippen molar-refractivity contribution in [1.29, 1.82) is 4.78 Å². The molecule has 0 aliphatic rings. The lowest BCUT2D eigenvalue weighted by molar-refractivity contribution is 0.480. The summed E-state index contributed by atoms with van der Waals surface area (Å²) in [6, 6.07) is 5.21. The van der Waals surface area contributed by atoms with Gasteiger partial charge >= 0.3 is 0 Å². The molecular formula is C17H15ClF3N5OS. The quantitative estimate of drug-likeness (QED) is 0.523. The highest BCUT2D eigenvalue weighted by Crippen LogP contribution is 2.29. The van der Waals surface area contributed by atoms with Crippen LogP contribution in [0.25, 0.3) is 0 Å². The van der Waals surface area contributed by atoms with E-state index in [1.54, 1.807) is 6.92 Å². The van der Waals surface area contributed by atoms with E-state index in [2.05, 4.69) is 20.3 Å². The van der Waals surface area contributed by atoms with Gasteiger partial charge in [0.15, 0.2) is 10.8 Å². The molecule has 0 fully saturated rings. The zero-order valence-electron chi connectivity index (χ0n) is 14.7. The normalized spacial score (nSPS) is 14.5. The number of nitrogens with zero attached hydrogens (tertiary/aromatic N) is 2. The fourth-order valence-electron chi connectivity index (χ4n) is 2.63. The second kappa shape index (κ2) is 7.44.